The molecule has 1 aromatic rings. The predicted molar refractivity (Wildman–Crippen MR) is 87.7 cm³/mol. The van der Waals surface area contributed by atoms with Crippen molar-refractivity contribution >= 4 is 11.9 Å². The van der Waals surface area contributed by atoms with Gasteiger partial charge >= 0.3 is 5.97 Å². The Hall–Kier alpha value is -2.15. The highest BCUT2D eigenvalue weighted by molar-refractivity contribution is 5.94. The number of carbonyl (C=O) groups is 2. The molecule has 0 aliphatic carbocycles. The van der Waals surface area contributed by atoms with Gasteiger partial charge in [-0.05, 0) is 31.2 Å². The molecule has 0 radical (unpaired) electrons. The summed E-state index contributed by atoms with van der Waals surface area (Å²) in [5, 5.41) is 20.1. The summed E-state index contributed by atoms with van der Waals surface area (Å²) in [5.41, 5.74) is -1.53. The minimum absolute atomic E-state index is 0.0537. The number of rotatable bonds is 5. The van der Waals surface area contributed by atoms with Crippen molar-refractivity contribution in [2.75, 3.05) is 13.1 Å². The number of piperidine rings is 1. The van der Waals surface area contributed by atoms with E-state index in [9.17, 15) is 24.6 Å². The zero-order chi connectivity index (χ0) is 17.9. The summed E-state index contributed by atoms with van der Waals surface area (Å²) in [7, 11) is 0. The van der Waals surface area contributed by atoms with Crippen LogP contribution in [0.4, 0.5) is 0 Å². The molecule has 7 heteroatoms. The van der Waals surface area contributed by atoms with Gasteiger partial charge in [0.15, 0.2) is 0 Å². The molecule has 2 atom stereocenters. The Bertz CT molecular complexity index is 669. The third-order valence-corrected chi connectivity index (χ3v) is 4.69. The highest BCUT2D eigenvalue weighted by Crippen LogP contribution is 2.37. The average molecular weight is 336 g/mol. The van der Waals surface area contributed by atoms with E-state index >= 15 is 0 Å². The molecule has 0 aromatic carbocycles. The molecule has 0 unspecified atom stereocenters. The number of carbonyl (C=O) groups excluding carboxylic acids is 1. The number of pyridine rings is 1. The molecule has 1 aliphatic heterocycles. The SMILES string of the molecule is CC(C)CC[C@@]1(C(=O)O)CN(C(=O)c2cc[nH]c(=O)c2)CC[C@@H]1O. The molecule has 1 saturated heterocycles. The van der Waals surface area contributed by atoms with Gasteiger partial charge in [-0.2, -0.15) is 0 Å². The molecule has 2 rings (SSSR count). The van der Waals surface area contributed by atoms with Gasteiger partial charge in [0.2, 0.25) is 5.56 Å². The van der Waals surface area contributed by atoms with E-state index in [4.69, 9.17) is 0 Å². The maximum absolute atomic E-state index is 12.6. The fraction of sp³-hybridized carbons (Fsp3) is 0.588. The summed E-state index contributed by atoms with van der Waals surface area (Å²) >= 11 is 0. The predicted octanol–water partition coefficient (Wildman–Crippen LogP) is 1.09. The van der Waals surface area contributed by atoms with E-state index in [2.05, 4.69) is 4.98 Å². The van der Waals surface area contributed by atoms with Gasteiger partial charge in [0.25, 0.3) is 5.91 Å². The number of hydrogen-bond acceptors (Lipinski definition) is 4. The second-order valence-corrected chi connectivity index (χ2v) is 6.87. The third-order valence-electron chi connectivity index (χ3n) is 4.69. The summed E-state index contributed by atoms with van der Waals surface area (Å²) in [6.45, 7) is 4.19. The van der Waals surface area contributed by atoms with Crippen LogP contribution in [0.3, 0.4) is 0 Å². The molecule has 0 saturated carbocycles. The van der Waals surface area contributed by atoms with Crippen LogP contribution in [0.2, 0.25) is 0 Å². The Balaban J connectivity index is 2.26. The number of nitrogens with one attached hydrogen (secondary N) is 1. The molecule has 1 aliphatic rings. The number of aromatic amines is 1. The van der Waals surface area contributed by atoms with Crippen molar-refractivity contribution in [1.82, 2.24) is 9.88 Å². The number of carboxylic acid groups (broad SMARTS) is 1. The van der Waals surface area contributed by atoms with Crippen molar-refractivity contribution in [3.05, 3.63) is 34.2 Å². The zero-order valence-electron chi connectivity index (χ0n) is 14.0. The quantitative estimate of drug-likeness (QED) is 0.745. The van der Waals surface area contributed by atoms with Crippen molar-refractivity contribution in [1.29, 1.82) is 0 Å². The number of likely N-dealkylation sites (tertiary alicyclic amines) is 1. The van der Waals surface area contributed by atoms with Crippen LogP contribution < -0.4 is 5.56 Å². The molecule has 7 nitrogen and oxygen atoms in total. The number of aliphatic hydroxyl groups excluding tert-OH is 1. The number of H-pyrrole nitrogens is 1. The van der Waals surface area contributed by atoms with Gasteiger partial charge in [-0.3, -0.25) is 14.4 Å². The lowest BCUT2D eigenvalue weighted by atomic mass is 9.72. The number of carboxylic acids is 1. The highest BCUT2D eigenvalue weighted by atomic mass is 16.4. The molecule has 2 heterocycles. The van der Waals surface area contributed by atoms with Gasteiger partial charge in [0.05, 0.1) is 6.10 Å². The Labute approximate surface area is 140 Å². The zero-order valence-corrected chi connectivity index (χ0v) is 14.0. The number of aliphatic carboxylic acids is 1. The molecule has 0 bridgehead atoms. The van der Waals surface area contributed by atoms with Crippen LogP contribution in [0.5, 0.6) is 0 Å². The Kier molecular flexibility index (Phi) is 5.43. The molecule has 1 fully saturated rings. The lowest BCUT2D eigenvalue weighted by Crippen LogP contribution is -2.57. The molecular formula is C17H24N2O5. The summed E-state index contributed by atoms with van der Waals surface area (Å²) in [6.07, 6.45) is 1.56. The van der Waals surface area contributed by atoms with Crippen molar-refractivity contribution in [2.45, 2.75) is 39.2 Å². The van der Waals surface area contributed by atoms with Crippen molar-refractivity contribution in [2.24, 2.45) is 11.3 Å². The van der Waals surface area contributed by atoms with Crippen LogP contribution in [0.25, 0.3) is 0 Å². The number of aromatic nitrogens is 1. The first-order chi connectivity index (χ1) is 11.3. The number of nitrogens with zero attached hydrogens (tertiary/aromatic N) is 1. The van der Waals surface area contributed by atoms with Crippen LogP contribution in [0, 0.1) is 11.3 Å². The topological polar surface area (TPSA) is 111 Å². The van der Waals surface area contributed by atoms with E-state index in [1.165, 1.54) is 23.2 Å². The van der Waals surface area contributed by atoms with Crippen LogP contribution in [-0.4, -0.2) is 51.2 Å². The van der Waals surface area contributed by atoms with Crippen LogP contribution >= 0.6 is 0 Å². The molecule has 0 spiro atoms. The van der Waals surface area contributed by atoms with Crippen molar-refractivity contribution < 1.29 is 19.8 Å². The van der Waals surface area contributed by atoms with E-state index in [0.717, 1.165) is 0 Å². The standard InChI is InChI=1S/C17H24N2O5/c1-11(2)3-6-17(16(23)24)10-19(8-5-13(17)20)15(22)12-4-7-18-14(21)9-12/h4,7,9,11,13,20H,3,5-6,8,10H2,1-2H3,(H,18,21)(H,23,24)/t13-,17+/m0/s1. The monoisotopic (exact) mass is 336 g/mol. The van der Waals surface area contributed by atoms with E-state index in [0.29, 0.717) is 18.8 Å². The molecule has 1 amide bonds. The Morgan fingerprint density at radius 3 is 2.75 bits per heavy atom. The first-order valence-electron chi connectivity index (χ1n) is 8.16. The van der Waals surface area contributed by atoms with E-state index in [1.54, 1.807) is 0 Å². The average Bonchev–Trinajstić information content (AvgIpc) is 2.53. The van der Waals surface area contributed by atoms with Crippen LogP contribution in [0.1, 0.15) is 43.5 Å². The van der Waals surface area contributed by atoms with Gasteiger partial charge in [-0.25, -0.2) is 0 Å². The minimum Gasteiger partial charge on any atom is -0.481 e. The first-order valence-corrected chi connectivity index (χ1v) is 8.16. The smallest absolute Gasteiger partial charge is 0.314 e. The van der Waals surface area contributed by atoms with Crippen molar-refractivity contribution in [3.63, 3.8) is 0 Å². The van der Waals surface area contributed by atoms with E-state index in [1.807, 2.05) is 13.8 Å². The number of amides is 1. The third kappa shape index (κ3) is 3.67. The first kappa shape index (κ1) is 18.2. The Morgan fingerprint density at radius 1 is 1.46 bits per heavy atom. The van der Waals surface area contributed by atoms with E-state index in [-0.39, 0.29) is 36.5 Å². The van der Waals surface area contributed by atoms with Crippen LogP contribution in [-0.2, 0) is 4.79 Å². The van der Waals surface area contributed by atoms with Gasteiger partial charge < -0.3 is 20.1 Å². The van der Waals surface area contributed by atoms with Crippen LogP contribution in [0.15, 0.2) is 23.1 Å². The normalized spacial score (nSPS) is 24.2. The molecule has 24 heavy (non-hydrogen) atoms. The second kappa shape index (κ2) is 7.17. The Morgan fingerprint density at radius 2 is 2.17 bits per heavy atom. The second-order valence-electron chi connectivity index (χ2n) is 6.87. The maximum Gasteiger partial charge on any atom is 0.314 e. The van der Waals surface area contributed by atoms with Crippen molar-refractivity contribution in [3.8, 4) is 0 Å². The van der Waals surface area contributed by atoms with Gasteiger partial charge in [-0.1, -0.05) is 13.8 Å². The molecule has 132 valence electrons. The van der Waals surface area contributed by atoms with Gasteiger partial charge in [0, 0.05) is 30.9 Å². The lowest BCUT2D eigenvalue weighted by molar-refractivity contribution is -0.163. The molecular weight excluding hydrogens is 312 g/mol. The molecule has 3 N–H and O–H groups in total. The summed E-state index contributed by atoms with van der Waals surface area (Å²) < 4.78 is 0. The minimum atomic E-state index is -1.36. The number of aliphatic hydroxyl groups is 1. The largest absolute Gasteiger partial charge is 0.481 e. The molecule has 1 aromatic heterocycles. The lowest BCUT2D eigenvalue weighted by Gasteiger charge is -2.43. The summed E-state index contributed by atoms with van der Waals surface area (Å²) in [4.78, 5) is 39.8. The van der Waals surface area contributed by atoms with E-state index < -0.39 is 17.5 Å². The van der Waals surface area contributed by atoms with Gasteiger partial charge in [0.1, 0.15) is 5.41 Å². The maximum atomic E-state index is 12.6. The highest BCUT2D eigenvalue weighted by Gasteiger charge is 2.49. The van der Waals surface area contributed by atoms with Gasteiger partial charge in [-0.15, -0.1) is 0 Å². The summed E-state index contributed by atoms with van der Waals surface area (Å²) in [5.74, 6) is -1.17. The summed E-state index contributed by atoms with van der Waals surface area (Å²) in [6, 6.07) is 2.69. The number of hydrogen-bond donors (Lipinski definition) is 3. The fourth-order valence-electron chi connectivity index (χ4n) is 3.12. The fourth-order valence-corrected chi connectivity index (χ4v) is 3.12.